The van der Waals surface area contributed by atoms with Gasteiger partial charge in [0.2, 0.25) is 0 Å². The second-order valence-corrected chi connectivity index (χ2v) is 4.18. The van der Waals surface area contributed by atoms with Gasteiger partial charge in [-0.15, -0.1) is 0 Å². The molecule has 90 valence electrons. The topological polar surface area (TPSA) is 35.8 Å². The molecule has 2 rings (SSSR count). The van der Waals surface area contributed by atoms with Crippen LogP contribution in [-0.4, -0.2) is 0 Å². The van der Waals surface area contributed by atoms with E-state index >= 15 is 0 Å². The molecule has 0 heterocycles. The highest BCUT2D eigenvalue weighted by molar-refractivity contribution is 5.45. The van der Waals surface area contributed by atoms with Crippen molar-refractivity contribution in [2.45, 2.75) is 13.5 Å². The van der Waals surface area contributed by atoms with E-state index in [1.165, 1.54) is 17.7 Å². The first-order valence-electron chi connectivity index (χ1n) is 5.67. The summed E-state index contributed by atoms with van der Waals surface area (Å²) in [7, 11) is 0. The molecule has 2 nitrogen and oxygen atoms in total. The number of halogens is 1. The molecule has 0 spiro atoms. The number of anilines is 1. The minimum absolute atomic E-state index is 0.343. The van der Waals surface area contributed by atoms with E-state index in [0.717, 1.165) is 11.3 Å². The Labute approximate surface area is 106 Å². The van der Waals surface area contributed by atoms with Crippen LogP contribution in [0.2, 0.25) is 0 Å². The molecule has 0 aliphatic rings. The van der Waals surface area contributed by atoms with Gasteiger partial charge < -0.3 is 5.32 Å². The molecule has 0 saturated heterocycles. The third-order valence-electron chi connectivity index (χ3n) is 2.63. The first-order valence-corrected chi connectivity index (χ1v) is 5.67. The molecule has 2 aromatic rings. The van der Waals surface area contributed by atoms with Gasteiger partial charge in [-0.2, -0.15) is 5.26 Å². The Balaban J connectivity index is 2.08. The van der Waals surface area contributed by atoms with E-state index in [0.29, 0.717) is 12.1 Å². The van der Waals surface area contributed by atoms with Crippen molar-refractivity contribution >= 4 is 5.69 Å². The lowest BCUT2D eigenvalue weighted by Gasteiger charge is -2.07. The molecule has 0 amide bonds. The van der Waals surface area contributed by atoms with Crippen molar-refractivity contribution in [3.63, 3.8) is 0 Å². The lowest BCUT2D eigenvalue weighted by Crippen LogP contribution is -2.00. The van der Waals surface area contributed by atoms with Crippen LogP contribution in [0.15, 0.2) is 42.5 Å². The average molecular weight is 240 g/mol. The van der Waals surface area contributed by atoms with E-state index in [-0.39, 0.29) is 5.82 Å². The third kappa shape index (κ3) is 3.08. The van der Waals surface area contributed by atoms with E-state index in [4.69, 9.17) is 5.26 Å². The molecule has 18 heavy (non-hydrogen) atoms. The van der Waals surface area contributed by atoms with Crippen LogP contribution in [-0.2, 0) is 6.54 Å². The highest BCUT2D eigenvalue weighted by Crippen LogP contribution is 2.13. The van der Waals surface area contributed by atoms with Crippen molar-refractivity contribution in [3.8, 4) is 6.07 Å². The molecule has 3 heteroatoms. The Bertz CT molecular complexity index is 582. The molecule has 0 aromatic heterocycles. The van der Waals surface area contributed by atoms with Crippen molar-refractivity contribution in [1.29, 1.82) is 5.26 Å². The summed E-state index contributed by atoms with van der Waals surface area (Å²) in [6.07, 6.45) is 0. The van der Waals surface area contributed by atoms with Crippen molar-refractivity contribution in [2.75, 3.05) is 5.32 Å². The molecule has 0 aliphatic heterocycles. The Morgan fingerprint density at radius 2 is 1.89 bits per heavy atom. The zero-order valence-corrected chi connectivity index (χ0v) is 10.1. The normalized spacial score (nSPS) is 9.83. The standard InChI is InChI=1S/C15H13FN2/c1-11-2-4-15(5-3-11)18-10-13-6-12(9-17)7-14(16)8-13/h2-8,18H,10H2,1H3. The van der Waals surface area contributed by atoms with Crippen LogP contribution in [0, 0.1) is 24.1 Å². The number of benzene rings is 2. The maximum Gasteiger partial charge on any atom is 0.124 e. The van der Waals surface area contributed by atoms with Crippen LogP contribution < -0.4 is 5.32 Å². The number of hydrogen-bond donors (Lipinski definition) is 1. The fourth-order valence-electron chi connectivity index (χ4n) is 1.69. The summed E-state index contributed by atoms with van der Waals surface area (Å²) in [5, 5.41) is 12.0. The Morgan fingerprint density at radius 1 is 1.17 bits per heavy atom. The average Bonchev–Trinajstić information content (AvgIpc) is 2.37. The summed E-state index contributed by atoms with van der Waals surface area (Å²) in [5.41, 5.74) is 3.27. The van der Waals surface area contributed by atoms with Crippen LogP contribution in [0.4, 0.5) is 10.1 Å². The Hall–Kier alpha value is -2.34. The summed E-state index contributed by atoms with van der Waals surface area (Å²) in [6.45, 7) is 2.52. The first-order chi connectivity index (χ1) is 8.67. The molecule has 0 fully saturated rings. The second-order valence-electron chi connectivity index (χ2n) is 4.18. The Kier molecular flexibility index (Phi) is 3.59. The number of nitrogens with one attached hydrogen (secondary N) is 1. The SMILES string of the molecule is Cc1ccc(NCc2cc(F)cc(C#N)c2)cc1. The number of nitrogens with zero attached hydrogens (tertiary/aromatic N) is 1. The predicted molar refractivity (Wildman–Crippen MR) is 69.6 cm³/mol. The molecular weight excluding hydrogens is 227 g/mol. The second kappa shape index (κ2) is 5.33. The summed E-state index contributed by atoms with van der Waals surface area (Å²) in [6, 6.07) is 14.3. The fourth-order valence-corrected chi connectivity index (χ4v) is 1.69. The molecule has 0 unspecified atom stereocenters. The molecule has 0 saturated carbocycles. The molecule has 0 atom stereocenters. The van der Waals surface area contributed by atoms with Gasteiger partial charge in [-0.05, 0) is 42.8 Å². The van der Waals surface area contributed by atoms with Gasteiger partial charge in [-0.25, -0.2) is 4.39 Å². The maximum atomic E-state index is 13.2. The van der Waals surface area contributed by atoms with Gasteiger partial charge in [0, 0.05) is 12.2 Å². The molecule has 1 N–H and O–H groups in total. The van der Waals surface area contributed by atoms with Crippen LogP contribution in [0.3, 0.4) is 0 Å². The van der Waals surface area contributed by atoms with Gasteiger partial charge >= 0.3 is 0 Å². The van der Waals surface area contributed by atoms with E-state index in [2.05, 4.69) is 5.32 Å². The fraction of sp³-hybridized carbons (Fsp3) is 0.133. The minimum atomic E-state index is -0.380. The summed E-state index contributed by atoms with van der Waals surface area (Å²) in [4.78, 5) is 0. The van der Waals surface area contributed by atoms with Gasteiger partial charge in [-0.1, -0.05) is 17.7 Å². The van der Waals surface area contributed by atoms with Crippen molar-refractivity contribution in [2.24, 2.45) is 0 Å². The largest absolute Gasteiger partial charge is 0.381 e. The Morgan fingerprint density at radius 3 is 2.56 bits per heavy atom. The van der Waals surface area contributed by atoms with Crippen LogP contribution >= 0.6 is 0 Å². The predicted octanol–water partition coefficient (Wildman–Crippen LogP) is 3.62. The van der Waals surface area contributed by atoms with E-state index < -0.39 is 0 Å². The third-order valence-corrected chi connectivity index (χ3v) is 2.63. The first kappa shape index (κ1) is 12.1. The van der Waals surface area contributed by atoms with Gasteiger partial charge in [-0.3, -0.25) is 0 Å². The van der Waals surface area contributed by atoms with Crippen LogP contribution in [0.5, 0.6) is 0 Å². The summed E-state index contributed by atoms with van der Waals surface area (Å²) < 4.78 is 13.2. The van der Waals surface area contributed by atoms with Gasteiger partial charge in [0.1, 0.15) is 5.82 Å². The minimum Gasteiger partial charge on any atom is -0.381 e. The number of nitriles is 1. The van der Waals surface area contributed by atoms with Crippen molar-refractivity contribution in [3.05, 3.63) is 65.0 Å². The summed E-state index contributed by atoms with van der Waals surface area (Å²) in [5.74, 6) is -0.380. The molecule has 2 aromatic carbocycles. The number of rotatable bonds is 3. The highest BCUT2D eigenvalue weighted by Gasteiger charge is 2.00. The lowest BCUT2D eigenvalue weighted by molar-refractivity contribution is 0.625. The summed E-state index contributed by atoms with van der Waals surface area (Å²) >= 11 is 0. The maximum absolute atomic E-state index is 13.2. The van der Waals surface area contributed by atoms with Gasteiger partial charge in [0.05, 0.1) is 11.6 Å². The van der Waals surface area contributed by atoms with Crippen LogP contribution in [0.1, 0.15) is 16.7 Å². The van der Waals surface area contributed by atoms with Crippen molar-refractivity contribution < 1.29 is 4.39 Å². The van der Waals surface area contributed by atoms with E-state index in [9.17, 15) is 4.39 Å². The quantitative estimate of drug-likeness (QED) is 0.889. The van der Waals surface area contributed by atoms with Gasteiger partial charge in [0.25, 0.3) is 0 Å². The molecule has 0 bridgehead atoms. The molecule has 0 radical (unpaired) electrons. The lowest BCUT2D eigenvalue weighted by atomic mass is 10.1. The van der Waals surface area contributed by atoms with Crippen LogP contribution in [0.25, 0.3) is 0 Å². The number of aryl methyl sites for hydroxylation is 1. The highest BCUT2D eigenvalue weighted by atomic mass is 19.1. The zero-order valence-electron chi connectivity index (χ0n) is 10.1. The van der Waals surface area contributed by atoms with E-state index in [1.54, 1.807) is 6.07 Å². The van der Waals surface area contributed by atoms with Crippen molar-refractivity contribution in [1.82, 2.24) is 0 Å². The molecular formula is C15H13FN2. The molecule has 0 aliphatic carbocycles. The van der Waals surface area contributed by atoms with E-state index in [1.807, 2.05) is 37.3 Å². The number of hydrogen-bond acceptors (Lipinski definition) is 2. The smallest absolute Gasteiger partial charge is 0.124 e. The van der Waals surface area contributed by atoms with Gasteiger partial charge in [0.15, 0.2) is 0 Å². The zero-order chi connectivity index (χ0) is 13.0. The monoisotopic (exact) mass is 240 g/mol.